The summed E-state index contributed by atoms with van der Waals surface area (Å²) in [6, 6.07) is 6.04. The van der Waals surface area contributed by atoms with Gasteiger partial charge in [-0.1, -0.05) is 19.9 Å². The number of pyridine rings is 1. The molecule has 0 saturated heterocycles. The number of nitrogens with one attached hydrogen (secondary N) is 1. The monoisotopic (exact) mass is 325 g/mol. The lowest BCUT2D eigenvalue weighted by Crippen LogP contribution is -2.10. The molecule has 0 aromatic carbocycles. The molecule has 0 aliphatic carbocycles. The number of hydrogen-bond acceptors (Lipinski definition) is 6. The van der Waals surface area contributed by atoms with Crippen molar-refractivity contribution in [3.8, 4) is 11.9 Å². The van der Waals surface area contributed by atoms with Crippen LogP contribution in [0.1, 0.15) is 50.1 Å². The van der Waals surface area contributed by atoms with Gasteiger partial charge in [0.1, 0.15) is 11.6 Å². The second-order valence-corrected chi connectivity index (χ2v) is 5.69. The Labute approximate surface area is 142 Å². The highest BCUT2D eigenvalue weighted by atomic mass is 16.5. The summed E-state index contributed by atoms with van der Waals surface area (Å²) < 4.78 is 5.53. The normalized spacial score (nSPS) is 10.5. The molecule has 2 rings (SSSR count). The first-order valence-electron chi connectivity index (χ1n) is 8.22. The van der Waals surface area contributed by atoms with E-state index < -0.39 is 0 Å². The first-order valence-corrected chi connectivity index (χ1v) is 8.22. The van der Waals surface area contributed by atoms with E-state index in [9.17, 15) is 5.26 Å². The van der Waals surface area contributed by atoms with Crippen molar-refractivity contribution < 1.29 is 4.74 Å². The zero-order valence-electron chi connectivity index (χ0n) is 14.6. The van der Waals surface area contributed by atoms with E-state index in [1.54, 1.807) is 6.20 Å². The zero-order chi connectivity index (χ0) is 17.5. The molecule has 0 spiro atoms. The molecular weight excluding hydrogens is 302 g/mol. The Morgan fingerprint density at radius 2 is 2.00 bits per heavy atom. The van der Waals surface area contributed by atoms with Crippen LogP contribution in [0.15, 0.2) is 18.3 Å². The SMILES string of the molecule is CCc1nnc(NCc2ccc(OC(C)C)nc2)c(C#N)c1CC. The third-order valence-corrected chi connectivity index (χ3v) is 3.57. The molecule has 0 atom stereocenters. The van der Waals surface area contributed by atoms with E-state index in [2.05, 4.69) is 26.6 Å². The third kappa shape index (κ3) is 4.19. The van der Waals surface area contributed by atoms with Gasteiger partial charge in [-0.25, -0.2) is 4.98 Å². The Morgan fingerprint density at radius 3 is 2.54 bits per heavy atom. The molecule has 2 aromatic heterocycles. The molecular formula is C18H23N5O. The molecule has 0 aliphatic rings. The number of aromatic nitrogens is 3. The van der Waals surface area contributed by atoms with Gasteiger partial charge in [-0.15, -0.1) is 5.10 Å². The van der Waals surface area contributed by atoms with Gasteiger partial charge >= 0.3 is 0 Å². The minimum absolute atomic E-state index is 0.0967. The lowest BCUT2D eigenvalue weighted by atomic mass is 10.0. The van der Waals surface area contributed by atoms with Crippen molar-refractivity contribution in [2.24, 2.45) is 0 Å². The highest BCUT2D eigenvalue weighted by Gasteiger charge is 2.14. The Balaban J connectivity index is 2.13. The van der Waals surface area contributed by atoms with E-state index in [1.807, 2.05) is 39.8 Å². The van der Waals surface area contributed by atoms with Crippen LogP contribution < -0.4 is 10.1 Å². The van der Waals surface area contributed by atoms with Gasteiger partial charge < -0.3 is 10.1 Å². The smallest absolute Gasteiger partial charge is 0.213 e. The molecule has 2 heterocycles. The summed E-state index contributed by atoms with van der Waals surface area (Å²) in [6.07, 6.45) is 3.39. The number of aryl methyl sites for hydroxylation is 1. The predicted octanol–water partition coefficient (Wildman–Crippen LogP) is 3.27. The van der Waals surface area contributed by atoms with Gasteiger partial charge in [0.15, 0.2) is 5.82 Å². The topological polar surface area (TPSA) is 83.7 Å². The molecule has 0 radical (unpaired) electrons. The quantitative estimate of drug-likeness (QED) is 0.841. The van der Waals surface area contributed by atoms with Crippen molar-refractivity contribution in [2.45, 2.75) is 53.2 Å². The largest absolute Gasteiger partial charge is 0.475 e. The summed E-state index contributed by atoms with van der Waals surface area (Å²) in [5, 5.41) is 21.1. The van der Waals surface area contributed by atoms with Crippen LogP contribution in [0.3, 0.4) is 0 Å². The minimum atomic E-state index is 0.0967. The van der Waals surface area contributed by atoms with Gasteiger partial charge in [-0.3, -0.25) is 0 Å². The number of nitrogens with zero attached hydrogens (tertiary/aromatic N) is 4. The van der Waals surface area contributed by atoms with Gasteiger partial charge in [0.2, 0.25) is 5.88 Å². The van der Waals surface area contributed by atoms with Crippen molar-refractivity contribution in [2.75, 3.05) is 5.32 Å². The van der Waals surface area contributed by atoms with Gasteiger partial charge in [0.25, 0.3) is 0 Å². The van der Waals surface area contributed by atoms with Gasteiger partial charge in [0.05, 0.1) is 11.8 Å². The number of ether oxygens (including phenoxy) is 1. The zero-order valence-corrected chi connectivity index (χ0v) is 14.6. The molecule has 0 aliphatic heterocycles. The molecule has 24 heavy (non-hydrogen) atoms. The Bertz CT molecular complexity index is 719. The third-order valence-electron chi connectivity index (χ3n) is 3.57. The van der Waals surface area contributed by atoms with Crippen molar-refractivity contribution in [3.05, 3.63) is 40.7 Å². The maximum atomic E-state index is 9.48. The maximum Gasteiger partial charge on any atom is 0.213 e. The molecule has 6 heteroatoms. The highest BCUT2D eigenvalue weighted by Crippen LogP contribution is 2.20. The molecule has 0 fully saturated rings. The van der Waals surface area contributed by atoms with Crippen LogP contribution >= 0.6 is 0 Å². The van der Waals surface area contributed by atoms with Crippen molar-refractivity contribution in [3.63, 3.8) is 0 Å². The molecule has 0 unspecified atom stereocenters. The molecule has 1 N–H and O–H groups in total. The Hall–Kier alpha value is -2.68. The molecule has 0 amide bonds. The molecule has 126 valence electrons. The fourth-order valence-electron chi connectivity index (χ4n) is 2.43. The van der Waals surface area contributed by atoms with Crippen LogP contribution in [0, 0.1) is 11.3 Å². The van der Waals surface area contributed by atoms with E-state index in [1.165, 1.54) is 0 Å². The van der Waals surface area contributed by atoms with E-state index in [0.717, 1.165) is 29.7 Å². The van der Waals surface area contributed by atoms with Gasteiger partial charge in [-0.2, -0.15) is 10.4 Å². The van der Waals surface area contributed by atoms with Gasteiger partial charge in [0, 0.05) is 18.8 Å². The molecule has 0 saturated carbocycles. The lowest BCUT2D eigenvalue weighted by molar-refractivity contribution is 0.232. The second-order valence-electron chi connectivity index (χ2n) is 5.69. The van der Waals surface area contributed by atoms with Crippen molar-refractivity contribution in [1.29, 1.82) is 5.26 Å². The number of hydrogen-bond donors (Lipinski definition) is 1. The Kier molecular flexibility index (Phi) is 6.07. The van der Waals surface area contributed by atoms with Crippen molar-refractivity contribution >= 4 is 5.82 Å². The van der Waals surface area contributed by atoms with E-state index in [0.29, 0.717) is 23.8 Å². The fraction of sp³-hybridized carbons (Fsp3) is 0.444. The van der Waals surface area contributed by atoms with Crippen LogP contribution in [-0.2, 0) is 19.4 Å². The van der Waals surface area contributed by atoms with Crippen LogP contribution in [-0.4, -0.2) is 21.3 Å². The van der Waals surface area contributed by atoms with Crippen LogP contribution in [0.25, 0.3) is 0 Å². The van der Waals surface area contributed by atoms with E-state index in [-0.39, 0.29) is 6.10 Å². The van der Waals surface area contributed by atoms with E-state index in [4.69, 9.17) is 4.74 Å². The second kappa shape index (κ2) is 8.25. The molecule has 2 aromatic rings. The predicted molar refractivity (Wildman–Crippen MR) is 92.8 cm³/mol. The number of nitriles is 1. The summed E-state index contributed by atoms with van der Waals surface area (Å²) in [5.41, 5.74) is 3.42. The number of rotatable bonds is 7. The first kappa shape index (κ1) is 17.7. The standard InChI is InChI=1S/C18H23N5O/c1-5-14-15(9-19)18(23-22-16(14)6-2)21-11-13-7-8-17(20-10-13)24-12(3)4/h7-8,10,12H,5-6,11H2,1-4H3,(H,21,23). The molecule has 6 nitrogen and oxygen atoms in total. The average molecular weight is 325 g/mol. The van der Waals surface area contributed by atoms with Crippen molar-refractivity contribution in [1.82, 2.24) is 15.2 Å². The minimum Gasteiger partial charge on any atom is -0.475 e. The maximum absolute atomic E-state index is 9.48. The van der Waals surface area contributed by atoms with Crippen LogP contribution in [0.5, 0.6) is 5.88 Å². The Morgan fingerprint density at radius 1 is 1.21 bits per heavy atom. The van der Waals surface area contributed by atoms with E-state index >= 15 is 0 Å². The van der Waals surface area contributed by atoms with Crippen LogP contribution in [0.2, 0.25) is 0 Å². The average Bonchev–Trinajstić information content (AvgIpc) is 2.59. The molecule has 0 bridgehead atoms. The summed E-state index contributed by atoms with van der Waals surface area (Å²) in [4.78, 5) is 4.27. The van der Waals surface area contributed by atoms with Gasteiger partial charge in [-0.05, 0) is 37.8 Å². The summed E-state index contributed by atoms with van der Waals surface area (Å²) in [7, 11) is 0. The summed E-state index contributed by atoms with van der Waals surface area (Å²) in [5.74, 6) is 1.13. The first-order chi connectivity index (χ1) is 11.6. The number of anilines is 1. The lowest BCUT2D eigenvalue weighted by Gasteiger charge is -2.12. The fourth-order valence-corrected chi connectivity index (χ4v) is 2.43. The summed E-state index contributed by atoms with van der Waals surface area (Å²) >= 11 is 0. The summed E-state index contributed by atoms with van der Waals surface area (Å²) in [6.45, 7) is 8.49. The highest BCUT2D eigenvalue weighted by molar-refractivity contribution is 5.56. The van der Waals surface area contributed by atoms with Crippen LogP contribution in [0.4, 0.5) is 5.82 Å².